The van der Waals surface area contributed by atoms with Crippen LogP contribution >= 0.6 is 0 Å². The largest absolute Gasteiger partial charge is 0.431 e. The molecule has 0 bridgehead atoms. The number of hydrogen-bond acceptors (Lipinski definition) is 8. The first-order valence-corrected chi connectivity index (χ1v) is 10.2. The zero-order chi connectivity index (χ0) is 22.1. The Hall–Kier alpha value is -2.82. The number of nitrogen functional groups attached to an aromatic ring is 1. The average Bonchev–Trinajstić information content (AvgIpc) is 2.72. The van der Waals surface area contributed by atoms with Crippen LogP contribution in [0, 0.1) is 0 Å². The van der Waals surface area contributed by atoms with Crippen molar-refractivity contribution in [2.24, 2.45) is 0 Å². The predicted molar refractivity (Wildman–Crippen MR) is 110 cm³/mol. The minimum Gasteiger partial charge on any atom is -0.431 e. The number of nitrogens with two attached hydrogens (primary N) is 1. The number of halogens is 3. The minimum absolute atomic E-state index is 0.0709. The fraction of sp³-hybridized carbons (Fsp3) is 0.550. The Balaban J connectivity index is 1.74. The van der Waals surface area contributed by atoms with E-state index in [1.165, 1.54) is 12.3 Å². The highest BCUT2D eigenvalue weighted by Gasteiger charge is 2.31. The van der Waals surface area contributed by atoms with Gasteiger partial charge in [0.1, 0.15) is 12.0 Å². The van der Waals surface area contributed by atoms with E-state index in [1.54, 1.807) is 11.0 Å². The van der Waals surface area contributed by atoms with Gasteiger partial charge in [-0.05, 0) is 19.4 Å². The second-order valence-electron chi connectivity index (χ2n) is 7.76. The average molecular weight is 438 g/mol. The molecule has 0 radical (unpaired) electrons. The summed E-state index contributed by atoms with van der Waals surface area (Å²) in [5, 5.41) is 0. The number of alkyl halides is 3. The van der Waals surface area contributed by atoms with Crippen LogP contribution in [0.15, 0.2) is 18.3 Å². The highest BCUT2D eigenvalue weighted by atomic mass is 19.3. The topological polar surface area (TPSA) is 89.6 Å². The Morgan fingerprint density at radius 1 is 1.26 bits per heavy atom. The summed E-state index contributed by atoms with van der Waals surface area (Å²) in [6.07, 6.45) is 1.45. The van der Waals surface area contributed by atoms with Gasteiger partial charge < -0.3 is 25.0 Å². The number of rotatable bonds is 6. The molecule has 0 aliphatic carbocycles. The molecule has 2 fully saturated rings. The molecule has 0 saturated carbocycles. The van der Waals surface area contributed by atoms with Crippen LogP contribution in [0.2, 0.25) is 0 Å². The Morgan fingerprint density at radius 3 is 2.71 bits per heavy atom. The van der Waals surface area contributed by atoms with Crippen LogP contribution in [-0.4, -0.2) is 66.1 Å². The molecule has 168 valence electrons. The van der Waals surface area contributed by atoms with Crippen molar-refractivity contribution in [2.45, 2.75) is 45.2 Å². The number of hydrogen-bond donors (Lipinski definition) is 1. The molecule has 0 aromatic carbocycles. The summed E-state index contributed by atoms with van der Waals surface area (Å²) in [4.78, 5) is 17.0. The zero-order valence-corrected chi connectivity index (χ0v) is 17.3. The van der Waals surface area contributed by atoms with Gasteiger partial charge in [-0.3, -0.25) is 0 Å². The number of anilines is 3. The van der Waals surface area contributed by atoms with Gasteiger partial charge >= 0.3 is 6.61 Å². The molecule has 2 aromatic heterocycles. The molecule has 31 heavy (non-hydrogen) atoms. The van der Waals surface area contributed by atoms with E-state index in [4.69, 9.17) is 10.5 Å². The summed E-state index contributed by atoms with van der Waals surface area (Å²) in [5.41, 5.74) is 6.56. The van der Waals surface area contributed by atoms with E-state index in [9.17, 15) is 13.2 Å². The highest BCUT2D eigenvalue weighted by Crippen LogP contribution is 2.32. The zero-order valence-electron chi connectivity index (χ0n) is 17.3. The number of ether oxygens (including phenoxy) is 2. The van der Waals surface area contributed by atoms with Crippen molar-refractivity contribution in [3.8, 4) is 17.0 Å². The van der Waals surface area contributed by atoms with Crippen LogP contribution in [0.3, 0.4) is 0 Å². The standard InChI is InChI=1S/C20H25F3N6O2/c1-3-14-9-29(11(2)10-30-14)17-5-15(26-20(27-17)28-7-13(21)8-28)12-4-16(31-19(22)23)18(24)25-6-12/h4-6,11,13-14,19H,3,7-10H2,1-2H3,(H2,24,25)/t11-,14-/m0/s1. The monoisotopic (exact) mass is 438 g/mol. The van der Waals surface area contributed by atoms with Gasteiger partial charge in [0, 0.05) is 24.4 Å². The van der Waals surface area contributed by atoms with Crippen molar-refractivity contribution in [3.63, 3.8) is 0 Å². The second-order valence-corrected chi connectivity index (χ2v) is 7.76. The van der Waals surface area contributed by atoms with E-state index in [0.29, 0.717) is 36.2 Å². The van der Waals surface area contributed by atoms with E-state index in [2.05, 4.69) is 31.5 Å². The molecule has 0 spiro atoms. The van der Waals surface area contributed by atoms with E-state index in [1.807, 2.05) is 6.92 Å². The van der Waals surface area contributed by atoms with Crippen molar-refractivity contribution >= 4 is 17.6 Å². The Bertz CT molecular complexity index is 928. The van der Waals surface area contributed by atoms with Gasteiger partial charge in [-0.15, -0.1) is 0 Å². The van der Waals surface area contributed by atoms with Crippen molar-refractivity contribution in [1.29, 1.82) is 0 Å². The molecule has 2 aromatic rings. The number of morpholine rings is 1. The molecule has 2 aliphatic heterocycles. The lowest BCUT2D eigenvalue weighted by atomic mass is 10.1. The smallest absolute Gasteiger partial charge is 0.387 e. The predicted octanol–water partition coefficient (Wildman–Crippen LogP) is 2.88. The minimum atomic E-state index is -3.03. The van der Waals surface area contributed by atoms with Gasteiger partial charge in [0.2, 0.25) is 5.95 Å². The molecule has 2 atom stereocenters. The van der Waals surface area contributed by atoms with Gasteiger partial charge in [0.15, 0.2) is 11.6 Å². The van der Waals surface area contributed by atoms with E-state index < -0.39 is 12.8 Å². The molecular formula is C20H25F3N6O2. The third-order valence-corrected chi connectivity index (χ3v) is 5.47. The van der Waals surface area contributed by atoms with Crippen LogP contribution in [0.4, 0.5) is 30.8 Å². The molecule has 2 N–H and O–H groups in total. The van der Waals surface area contributed by atoms with Crippen LogP contribution in [0.5, 0.6) is 5.75 Å². The number of pyridine rings is 1. The van der Waals surface area contributed by atoms with Gasteiger partial charge in [-0.25, -0.2) is 14.4 Å². The fourth-order valence-electron chi connectivity index (χ4n) is 3.62. The number of nitrogens with zero attached hydrogens (tertiary/aromatic N) is 5. The fourth-order valence-corrected chi connectivity index (χ4v) is 3.62. The molecule has 2 aliphatic rings. The summed E-state index contributed by atoms with van der Waals surface area (Å²) in [6.45, 7) is 2.68. The maximum absolute atomic E-state index is 13.5. The third kappa shape index (κ3) is 4.60. The number of aromatic nitrogens is 3. The summed E-state index contributed by atoms with van der Waals surface area (Å²) in [5.74, 6) is 0.660. The SMILES string of the molecule is CC[C@H]1CN(c2cc(-c3cnc(N)c(OC(F)F)c3)nc(N3CC(F)C3)n2)[C@@H](C)CO1. The van der Waals surface area contributed by atoms with Crippen molar-refractivity contribution < 1.29 is 22.6 Å². The summed E-state index contributed by atoms with van der Waals surface area (Å²) < 4.78 is 49.2. The molecule has 0 unspecified atom stereocenters. The molecule has 4 heterocycles. The summed E-state index contributed by atoms with van der Waals surface area (Å²) >= 11 is 0. The van der Waals surface area contributed by atoms with Crippen LogP contribution in [0.25, 0.3) is 11.3 Å². The van der Waals surface area contributed by atoms with Crippen molar-refractivity contribution in [3.05, 3.63) is 18.3 Å². The van der Waals surface area contributed by atoms with Gasteiger partial charge in [0.25, 0.3) is 0 Å². The highest BCUT2D eigenvalue weighted by molar-refractivity contribution is 5.68. The first-order chi connectivity index (χ1) is 14.8. The molecular weight excluding hydrogens is 413 g/mol. The van der Waals surface area contributed by atoms with E-state index >= 15 is 0 Å². The van der Waals surface area contributed by atoms with Crippen LogP contribution in [-0.2, 0) is 4.74 Å². The van der Waals surface area contributed by atoms with Crippen molar-refractivity contribution in [1.82, 2.24) is 15.0 Å². The lowest BCUT2D eigenvalue weighted by Crippen LogP contribution is -2.50. The molecule has 11 heteroatoms. The Morgan fingerprint density at radius 2 is 2.03 bits per heavy atom. The van der Waals surface area contributed by atoms with Crippen molar-refractivity contribution in [2.75, 3.05) is 41.8 Å². The Kier molecular flexibility index (Phi) is 6.03. The van der Waals surface area contributed by atoms with E-state index in [-0.39, 0.29) is 36.8 Å². The quantitative estimate of drug-likeness (QED) is 0.737. The molecule has 0 amide bonds. The second kappa shape index (κ2) is 8.74. The first-order valence-electron chi connectivity index (χ1n) is 10.2. The normalized spacial score (nSPS) is 22.0. The summed E-state index contributed by atoms with van der Waals surface area (Å²) in [7, 11) is 0. The van der Waals surface area contributed by atoms with Crippen LogP contribution < -0.4 is 20.3 Å². The first kappa shape index (κ1) is 21.4. The Labute approximate surface area is 178 Å². The maximum Gasteiger partial charge on any atom is 0.387 e. The third-order valence-electron chi connectivity index (χ3n) is 5.47. The molecule has 8 nitrogen and oxygen atoms in total. The van der Waals surface area contributed by atoms with Gasteiger partial charge in [0.05, 0.1) is 37.5 Å². The molecule has 4 rings (SSSR count). The molecule has 2 saturated heterocycles. The van der Waals surface area contributed by atoms with Gasteiger partial charge in [-0.1, -0.05) is 6.92 Å². The van der Waals surface area contributed by atoms with E-state index in [0.717, 1.165) is 6.42 Å². The van der Waals surface area contributed by atoms with Crippen LogP contribution in [0.1, 0.15) is 20.3 Å². The lowest BCUT2D eigenvalue weighted by molar-refractivity contribution is -0.0494. The maximum atomic E-state index is 13.5. The lowest BCUT2D eigenvalue weighted by Gasteiger charge is -2.40. The summed E-state index contributed by atoms with van der Waals surface area (Å²) in [6, 6.07) is 3.21. The van der Waals surface area contributed by atoms with Gasteiger partial charge in [-0.2, -0.15) is 13.8 Å².